The molecule has 0 bridgehead atoms. The first-order valence-electron chi connectivity index (χ1n) is 10.2. The monoisotopic (exact) mass is 416 g/mol. The average Bonchev–Trinajstić information content (AvgIpc) is 3.16. The number of amides is 2. The van der Waals surface area contributed by atoms with Gasteiger partial charge in [-0.2, -0.15) is 0 Å². The van der Waals surface area contributed by atoms with Crippen molar-refractivity contribution in [3.8, 4) is 5.75 Å². The van der Waals surface area contributed by atoms with Crippen LogP contribution in [0.3, 0.4) is 0 Å². The van der Waals surface area contributed by atoms with Gasteiger partial charge in [-0.1, -0.05) is 29.8 Å². The number of likely N-dealkylation sites (tertiary alicyclic amines) is 1. The quantitative estimate of drug-likeness (QED) is 0.639. The van der Waals surface area contributed by atoms with Gasteiger partial charge in [-0.3, -0.25) is 14.6 Å². The smallest absolute Gasteiger partial charge is 0.231 e. The van der Waals surface area contributed by atoms with Crippen LogP contribution in [-0.2, 0) is 22.7 Å². The van der Waals surface area contributed by atoms with Gasteiger partial charge in [0, 0.05) is 38.1 Å². The number of carbonyl (C=O) groups is 2. The summed E-state index contributed by atoms with van der Waals surface area (Å²) in [6.07, 6.45) is 5.18. The topological polar surface area (TPSA) is 84.4 Å². The van der Waals surface area contributed by atoms with Crippen LogP contribution in [-0.4, -0.2) is 33.2 Å². The van der Waals surface area contributed by atoms with Crippen LogP contribution < -0.4 is 10.1 Å². The van der Waals surface area contributed by atoms with Crippen molar-refractivity contribution in [2.24, 2.45) is 5.92 Å². The molecule has 1 fully saturated rings. The maximum atomic E-state index is 12.8. The molecule has 3 aromatic rings. The van der Waals surface area contributed by atoms with Crippen molar-refractivity contribution >= 4 is 17.6 Å². The Balaban J connectivity index is 1.37. The van der Waals surface area contributed by atoms with Gasteiger partial charge < -0.3 is 15.0 Å². The van der Waals surface area contributed by atoms with E-state index in [1.807, 2.05) is 43.3 Å². The van der Waals surface area contributed by atoms with Crippen molar-refractivity contribution in [1.29, 1.82) is 0 Å². The summed E-state index contributed by atoms with van der Waals surface area (Å²) in [6.45, 7) is 3.26. The van der Waals surface area contributed by atoms with Crippen molar-refractivity contribution in [2.45, 2.75) is 26.5 Å². The highest BCUT2D eigenvalue weighted by molar-refractivity contribution is 5.97. The third kappa shape index (κ3) is 5.25. The maximum absolute atomic E-state index is 12.8. The van der Waals surface area contributed by atoms with E-state index < -0.39 is 5.92 Å². The number of benzene rings is 1. The van der Waals surface area contributed by atoms with E-state index in [0.717, 1.165) is 11.1 Å². The van der Waals surface area contributed by atoms with E-state index >= 15 is 0 Å². The highest BCUT2D eigenvalue weighted by Crippen LogP contribution is 2.26. The number of rotatable bonds is 7. The van der Waals surface area contributed by atoms with Crippen LogP contribution in [0.25, 0.3) is 0 Å². The van der Waals surface area contributed by atoms with E-state index in [1.54, 1.807) is 35.6 Å². The van der Waals surface area contributed by atoms with Gasteiger partial charge in [0.15, 0.2) is 11.6 Å². The number of aromatic nitrogens is 2. The van der Waals surface area contributed by atoms with Gasteiger partial charge in [-0.25, -0.2) is 4.98 Å². The van der Waals surface area contributed by atoms with Gasteiger partial charge in [-0.05, 0) is 42.3 Å². The Bertz CT molecular complexity index is 1050. The van der Waals surface area contributed by atoms with Gasteiger partial charge in [0.2, 0.25) is 11.8 Å². The van der Waals surface area contributed by atoms with E-state index in [1.165, 1.54) is 5.56 Å². The predicted octanol–water partition coefficient (Wildman–Crippen LogP) is 3.35. The van der Waals surface area contributed by atoms with E-state index in [9.17, 15) is 9.59 Å². The normalized spacial score (nSPS) is 15.7. The van der Waals surface area contributed by atoms with Crippen molar-refractivity contribution in [2.75, 3.05) is 11.9 Å². The fourth-order valence-corrected chi connectivity index (χ4v) is 3.47. The third-order valence-electron chi connectivity index (χ3n) is 5.24. The van der Waals surface area contributed by atoms with Gasteiger partial charge in [0.25, 0.3) is 0 Å². The molecule has 7 nitrogen and oxygen atoms in total. The molecule has 0 radical (unpaired) electrons. The molecule has 1 aliphatic heterocycles. The second kappa shape index (κ2) is 9.38. The lowest BCUT2D eigenvalue weighted by atomic mass is 10.1. The SMILES string of the molecule is Cc1ccc(CN2CC(C(=O)Nc3ncccc3OCc3ccncc3)CC2=O)cc1. The lowest BCUT2D eigenvalue weighted by Gasteiger charge is -2.17. The van der Waals surface area contributed by atoms with Crippen LogP contribution >= 0.6 is 0 Å². The third-order valence-corrected chi connectivity index (χ3v) is 5.24. The zero-order valence-electron chi connectivity index (χ0n) is 17.3. The second-order valence-electron chi connectivity index (χ2n) is 7.64. The summed E-state index contributed by atoms with van der Waals surface area (Å²) in [5, 5.41) is 2.83. The number of anilines is 1. The first kappa shape index (κ1) is 20.5. The summed E-state index contributed by atoms with van der Waals surface area (Å²) < 4.78 is 5.84. The molecule has 2 aromatic heterocycles. The Morgan fingerprint density at radius 1 is 1.10 bits per heavy atom. The molecule has 0 aliphatic carbocycles. The summed E-state index contributed by atoms with van der Waals surface area (Å²) in [7, 11) is 0. The highest BCUT2D eigenvalue weighted by Gasteiger charge is 2.34. The summed E-state index contributed by atoms with van der Waals surface area (Å²) in [4.78, 5) is 35.2. The minimum absolute atomic E-state index is 0.0177. The first-order valence-corrected chi connectivity index (χ1v) is 10.2. The number of hydrogen-bond acceptors (Lipinski definition) is 5. The Morgan fingerprint density at radius 3 is 2.65 bits per heavy atom. The van der Waals surface area contributed by atoms with Gasteiger partial charge in [-0.15, -0.1) is 0 Å². The molecule has 0 spiro atoms. The number of hydrogen-bond donors (Lipinski definition) is 1. The van der Waals surface area contributed by atoms with E-state index in [-0.39, 0.29) is 18.2 Å². The van der Waals surface area contributed by atoms with E-state index in [4.69, 9.17) is 4.74 Å². The second-order valence-corrected chi connectivity index (χ2v) is 7.64. The molecule has 1 N–H and O–H groups in total. The molecule has 4 rings (SSSR count). The Hall–Kier alpha value is -3.74. The molecule has 1 aliphatic rings. The lowest BCUT2D eigenvalue weighted by molar-refractivity contribution is -0.128. The fraction of sp³-hybridized carbons (Fsp3) is 0.250. The van der Waals surface area contributed by atoms with E-state index in [0.29, 0.717) is 31.3 Å². The maximum Gasteiger partial charge on any atom is 0.231 e. The molecule has 3 heterocycles. The largest absolute Gasteiger partial charge is 0.485 e. The Labute approximate surface area is 181 Å². The zero-order chi connectivity index (χ0) is 21.6. The Kier molecular flexibility index (Phi) is 6.21. The van der Waals surface area contributed by atoms with Gasteiger partial charge in [0.1, 0.15) is 6.61 Å². The molecule has 158 valence electrons. The van der Waals surface area contributed by atoms with Gasteiger partial charge >= 0.3 is 0 Å². The molecule has 31 heavy (non-hydrogen) atoms. The molecule has 7 heteroatoms. The summed E-state index contributed by atoms with van der Waals surface area (Å²) in [6, 6.07) is 15.3. The van der Waals surface area contributed by atoms with Crippen LogP contribution in [0.2, 0.25) is 0 Å². The van der Waals surface area contributed by atoms with Crippen LogP contribution in [0.15, 0.2) is 67.1 Å². The van der Waals surface area contributed by atoms with Crippen LogP contribution in [0.4, 0.5) is 5.82 Å². The number of nitrogens with one attached hydrogen (secondary N) is 1. The highest BCUT2D eigenvalue weighted by atomic mass is 16.5. The molecular formula is C24H24N4O3. The van der Waals surface area contributed by atoms with Crippen LogP contribution in [0.1, 0.15) is 23.1 Å². The van der Waals surface area contributed by atoms with Crippen molar-refractivity contribution < 1.29 is 14.3 Å². The summed E-state index contributed by atoms with van der Waals surface area (Å²) >= 11 is 0. The van der Waals surface area contributed by atoms with Crippen LogP contribution in [0.5, 0.6) is 5.75 Å². The zero-order valence-corrected chi connectivity index (χ0v) is 17.3. The van der Waals surface area contributed by atoms with Crippen molar-refractivity contribution in [3.05, 3.63) is 83.8 Å². The molecular weight excluding hydrogens is 392 g/mol. The molecule has 0 saturated carbocycles. The first-order chi connectivity index (χ1) is 15.1. The average molecular weight is 416 g/mol. The van der Waals surface area contributed by atoms with Gasteiger partial charge in [0.05, 0.1) is 5.92 Å². The molecule has 1 saturated heterocycles. The van der Waals surface area contributed by atoms with E-state index in [2.05, 4.69) is 15.3 Å². The molecule has 1 atom stereocenters. The minimum atomic E-state index is -0.423. The molecule has 1 aromatic carbocycles. The molecule has 1 unspecified atom stereocenters. The fourth-order valence-electron chi connectivity index (χ4n) is 3.47. The number of pyridine rings is 2. The standard InChI is InChI=1S/C24H24N4O3/c1-17-4-6-18(7-5-17)14-28-15-20(13-22(28)29)24(30)27-23-21(3-2-10-26-23)31-16-19-8-11-25-12-9-19/h2-12,20H,13-16H2,1H3,(H,26,27,30). The summed E-state index contributed by atoms with van der Waals surface area (Å²) in [5.41, 5.74) is 3.19. The minimum Gasteiger partial charge on any atom is -0.485 e. The lowest BCUT2D eigenvalue weighted by Crippen LogP contribution is -2.28. The Morgan fingerprint density at radius 2 is 1.87 bits per heavy atom. The molecule has 2 amide bonds. The number of carbonyl (C=O) groups excluding carboxylic acids is 2. The number of ether oxygens (including phenoxy) is 1. The van der Waals surface area contributed by atoms with Crippen molar-refractivity contribution in [3.63, 3.8) is 0 Å². The van der Waals surface area contributed by atoms with Crippen molar-refractivity contribution in [1.82, 2.24) is 14.9 Å². The predicted molar refractivity (Wildman–Crippen MR) is 116 cm³/mol. The number of nitrogens with zero attached hydrogens (tertiary/aromatic N) is 3. The summed E-state index contributed by atoms with van der Waals surface area (Å²) in [5.74, 6) is 0.163. The number of aryl methyl sites for hydroxylation is 1. The van der Waals surface area contributed by atoms with Crippen LogP contribution in [0, 0.1) is 12.8 Å².